The van der Waals surface area contributed by atoms with Gasteiger partial charge in [-0.25, -0.2) is 0 Å². The molecule has 0 fully saturated rings. The third-order valence-electron chi connectivity index (χ3n) is 4.00. The summed E-state index contributed by atoms with van der Waals surface area (Å²) in [6, 6.07) is 15.1. The molecule has 0 atom stereocenters. The number of aryl methyl sites for hydroxylation is 2. The van der Waals surface area contributed by atoms with E-state index in [-0.39, 0.29) is 0 Å². The van der Waals surface area contributed by atoms with E-state index in [0.29, 0.717) is 0 Å². The molecule has 0 unspecified atom stereocenters. The molecule has 0 saturated carbocycles. The Morgan fingerprint density at radius 2 is 1.87 bits per heavy atom. The molecule has 3 rings (SSSR count). The summed E-state index contributed by atoms with van der Waals surface area (Å²) in [6.07, 6.45) is 1.09. The molecule has 4 heteroatoms. The van der Waals surface area contributed by atoms with Crippen molar-refractivity contribution in [2.24, 2.45) is 0 Å². The first-order valence-electron chi connectivity index (χ1n) is 7.92. The molecule has 120 valence electrons. The molecule has 1 heterocycles. The largest absolute Gasteiger partial charge is 0.309 e. The van der Waals surface area contributed by atoms with E-state index < -0.39 is 0 Å². The molecule has 23 heavy (non-hydrogen) atoms. The van der Waals surface area contributed by atoms with E-state index in [2.05, 4.69) is 89.0 Å². The summed E-state index contributed by atoms with van der Waals surface area (Å²) >= 11 is 3.70. The fraction of sp³-hybridized carbons (Fsp3) is 0.316. The molecule has 0 aliphatic carbocycles. The van der Waals surface area contributed by atoms with Gasteiger partial charge in [-0.1, -0.05) is 35.9 Å². The lowest BCUT2D eigenvalue weighted by Gasteiger charge is -2.09. The molecule has 0 amide bonds. The molecular weight excluding hydrogens is 350 g/mol. The summed E-state index contributed by atoms with van der Waals surface area (Å²) in [5.74, 6) is 0. The van der Waals surface area contributed by atoms with Gasteiger partial charge in [-0.05, 0) is 73.2 Å². The molecule has 0 N–H and O–H groups in total. The highest BCUT2D eigenvalue weighted by atomic mass is 79.9. The minimum Gasteiger partial charge on any atom is -0.309 e. The van der Waals surface area contributed by atoms with Crippen LogP contribution in [0.1, 0.15) is 12.0 Å². The zero-order chi connectivity index (χ0) is 16.4. The van der Waals surface area contributed by atoms with Crippen LogP contribution in [-0.2, 0) is 6.54 Å². The van der Waals surface area contributed by atoms with Crippen LogP contribution in [0.2, 0.25) is 0 Å². The van der Waals surface area contributed by atoms with Crippen molar-refractivity contribution in [1.82, 2.24) is 14.7 Å². The monoisotopic (exact) mass is 371 g/mol. The summed E-state index contributed by atoms with van der Waals surface area (Å²) in [5.41, 5.74) is 4.77. The van der Waals surface area contributed by atoms with E-state index in [1.165, 1.54) is 22.1 Å². The molecule has 3 aromatic rings. The molecule has 0 saturated heterocycles. The summed E-state index contributed by atoms with van der Waals surface area (Å²) in [7, 11) is 4.20. The van der Waals surface area contributed by atoms with E-state index >= 15 is 0 Å². The molecular formula is C19H22BrN3. The number of rotatable bonds is 5. The van der Waals surface area contributed by atoms with Gasteiger partial charge in [-0.15, -0.1) is 0 Å². The van der Waals surface area contributed by atoms with Gasteiger partial charge in [0.15, 0.2) is 0 Å². The van der Waals surface area contributed by atoms with Crippen LogP contribution in [0, 0.1) is 6.92 Å². The molecule has 0 radical (unpaired) electrons. The maximum Gasteiger partial charge on any atom is 0.111 e. The fourth-order valence-electron chi connectivity index (χ4n) is 2.79. The fourth-order valence-corrected chi connectivity index (χ4v) is 3.38. The first-order valence-corrected chi connectivity index (χ1v) is 8.72. The van der Waals surface area contributed by atoms with Crippen LogP contribution in [0.25, 0.3) is 22.0 Å². The number of hydrogen-bond donors (Lipinski definition) is 0. The number of hydrogen-bond acceptors (Lipinski definition) is 2. The number of benzene rings is 2. The quantitative estimate of drug-likeness (QED) is 0.646. The van der Waals surface area contributed by atoms with Gasteiger partial charge in [-0.3, -0.25) is 4.68 Å². The van der Waals surface area contributed by atoms with Crippen LogP contribution in [0.15, 0.2) is 47.1 Å². The minimum atomic E-state index is 0.924. The Kier molecular flexibility index (Phi) is 4.83. The molecule has 0 aliphatic heterocycles. The highest BCUT2D eigenvalue weighted by Crippen LogP contribution is 2.29. The lowest BCUT2D eigenvalue weighted by Crippen LogP contribution is -2.15. The van der Waals surface area contributed by atoms with Gasteiger partial charge < -0.3 is 4.90 Å². The van der Waals surface area contributed by atoms with Crippen LogP contribution in [0.5, 0.6) is 0 Å². The number of nitrogens with zero attached hydrogens (tertiary/aromatic N) is 3. The average molecular weight is 372 g/mol. The van der Waals surface area contributed by atoms with Gasteiger partial charge in [0.05, 0.1) is 5.52 Å². The van der Waals surface area contributed by atoms with Crippen molar-refractivity contribution in [3.05, 3.63) is 52.6 Å². The lowest BCUT2D eigenvalue weighted by molar-refractivity contribution is 0.380. The smallest absolute Gasteiger partial charge is 0.111 e. The van der Waals surface area contributed by atoms with E-state index in [1.807, 2.05) is 0 Å². The maximum absolute atomic E-state index is 4.77. The number of halogens is 1. The minimum absolute atomic E-state index is 0.924. The standard InChI is InChI=1S/C19H22BrN3/c1-14-6-4-7-15(12-14)16-8-9-17-18(13-16)21-23(19(17)20)11-5-10-22(2)3/h4,6-9,12-13H,5,10-11H2,1-3H3. The SMILES string of the molecule is Cc1cccc(-c2ccc3c(Br)n(CCCN(C)C)nc3c2)c1. The van der Waals surface area contributed by atoms with Gasteiger partial charge in [0.25, 0.3) is 0 Å². The van der Waals surface area contributed by atoms with Crippen LogP contribution in [0.4, 0.5) is 0 Å². The third kappa shape index (κ3) is 3.65. The zero-order valence-electron chi connectivity index (χ0n) is 13.9. The summed E-state index contributed by atoms with van der Waals surface area (Å²) in [6.45, 7) is 4.11. The predicted octanol–water partition coefficient (Wildman–Crippen LogP) is 4.73. The second kappa shape index (κ2) is 6.85. The van der Waals surface area contributed by atoms with Crippen LogP contribution in [0.3, 0.4) is 0 Å². The normalized spacial score (nSPS) is 11.5. The van der Waals surface area contributed by atoms with Crippen molar-refractivity contribution in [2.75, 3.05) is 20.6 Å². The Morgan fingerprint density at radius 3 is 2.61 bits per heavy atom. The first kappa shape index (κ1) is 16.2. The highest BCUT2D eigenvalue weighted by Gasteiger charge is 2.10. The topological polar surface area (TPSA) is 21.1 Å². The van der Waals surface area contributed by atoms with Gasteiger partial charge in [0, 0.05) is 11.9 Å². The zero-order valence-corrected chi connectivity index (χ0v) is 15.5. The highest BCUT2D eigenvalue weighted by molar-refractivity contribution is 9.10. The van der Waals surface area contributed by atoms with Crippen LogP contribution < -0.4 is 0 Å². The second-order valence-corrected chi connectivity index (χ2v) is 7.02. The Bertz CT molecular complexity index is 821. The average Bonchev–Trinajstić information content (AvgIpc) is 2.83. The van der Waals surface area contributed by atoms with Crippen molar-refractivity contribution in [1.29, 1.82) is 0 Å². The molecule has 3 nitrogen and oxygen atoms in total. The summed E-state index contributed by atoms with van der Waals surface area (Å²) in [5, 5.41) is 5.94. The summed E-state index contributed by atoms with van der Waals surface area (Å²) < 4.78 is 3.14. The Hall–Kier alpha value is -1.65. The van der Waals surface area contributed by atoms with Crippen molar-refractivity contribution >= 4 is 26.8 Å². The van der Waals surface area contributed by atoms with Crippen molar-refractivity contribution in [3.8, 4) is 11.1 Å². The molecule has 0 spiro atoms. The Balaban J connectivity index is 1.91. The van der Waals surface area contributed by atoms with Gasteiger partial charge in [0.2, 0.25) is 0 Å². The number of aromatic nitrogens is 2. The van der Waals surface area contributed by atoms with Crippen LogP contribution >= 0.6 is 15.9 Å². The maximum atomic E-state index is 4.77. The third-order valence-corrected chi connectivity index (χ3v) is 4.84. The van der Waals surface area contributed by atoms with Crippen LogP contribution in [-0.4, -0.2) is 35.3 Å². The molecule has 2 aromatic carbocycles. The van der Waals surface area contributed by atoms with E-state index in [0.717, 1.165) is 29.6 Å². The summed E-state index contributed by atoms with van der Waals surface area (Å²) in [4.78, 5) is 2.20. The van der Waals surface area contributed by atoms with Crippen molar-refractivity contribution in [2.45, 2.75) is 19.9 Å². The van der Waals surface area contributed by atoms with Gasteiger partial charge in [0.1, 0.15) is 4.60 Å². The van der Waals surface area contributed by atoms with Gasteiger partial charge >= 0.3 is 0 Å². The predicted molar refractivity (Wildman–Crippen MR) is 101 cm³/mol. The molecule has 0 bridgehead atoms. The molecule has 1 aromatic heterocycles. The van der Waals surface area contributed by atoms with Crippen molar-refractivity contribution < 1.29 is 0 Å². The van der Waals surface area contributed by atoms with Crippen molar-refractivity contribution in [3.63, 3.8) is 0 Å². The van der Waals surface area contributed by atoms with Gasteiger partial charge in [-0.2, -0.15) is 5.10 Å². The Labute approximate surface area is 146 Å². The second-order valence-electron chi connectivity index (χ2n) is 6.27. The lowest BCUT2D eigenvalue weighted by atomic mass is 10.0. The van der Waals surface area contributed by atoms with E-state index in [4.69, 9.17) is 5.10 Å². The first-order chi connectivity index (χ1) is 11.0. The Morgan fingerprint density at radius 1 is 1.09 bits per heavy atom. The number of fused-ring (bicyclic) bond motifs is 1. The molecule has 0 aliphatic rings. The van der Waals surface area contributed by atoms with E-state index in [1.54, 1.807) is 0 Å². The van der Waals surface area contributed by atoms with E-state index in [9.17, 15) is 0 Å².